The number of sulfonamides is 1. The van der Waals surface area contributed by atoms with Gasteiger partial charge < -0.3 is 5.32 Å². The van der Waals surface area contributed by atoms with Gasteiger partial charge in [-0.2, -0.15) is 0 Å². The number of halogens is 1. The van der Waals surface area contributed by atoms with Crippen LogP contribution in [-0.2, 0) is 10.0 Å². The molecule has 1 atom stereocenters. The van der Waals surface area contributed by atoms with Crippen molar-refractivity contribution in [1.29, 1.82) is 0 Å². The van der Waals surface area contributed by atoms with Gasteiger partial charge in [-0.3, -0.25) is 0 Å². The lowest BCUT2D eigenvalue weighted by Gasteiger charge is -2.16. The molecule has 0 fully saturated rings. The molecule has 0 saturated carbocycles. The molecule has 0 bridgehead atoms. The maximum absolute atomic E-state index is 11.2. The number of hydrogen-bond donors (Lipinski definition) is 2. The number of nitrogens with two attached hydrogens (primary N) is 1. The van der Waals surface area contributed by atoms with Crippen LogP contribution < -0.4 is 10.5 Å². The van der Waals surface area contributed by atoms with Gasteiger partial charge in [0.2, 0.25) is 10.0 Å². The van der Waals surface area contributed by atoms with Gasteiger partial charge in [0.1, 0.15) is 0 Å². The summed E-state index contributed by atoms with van der Waals surface area (Å²) in [5.74, 6) is 0. The zero-order chi connectivity index (χ0) is 14.8. The summed E-state index contributed by atoms with van der Waals surface area (Å²) >= 11 is 2.26. The monoisotopic (exact) mass is 402 g/mol. The van der Waals surface area contributed by atoms with E-state index in [9.17, 15) is 8.42 Å². The Morgan fingerprint density at radius 3 is 2.35 bits per heavy atom. The Kier molecular flexibility index (Phi) is 4.66. The van der Waals surface area contributed by atoms with Gasteiger partial charge in [0.05, 0.1) is 4.90 Å². The van der Waals surface area contributed by atoms with Crippen LogP contribution in [0.15, 0.2) is 53.4 Å². The Labute approximate surface area is 132 Å². The molecule has 0 aliphatic heterocycles. The fourth-order valence-corrected chi connectivity index (χ4v) is 2.92. The molecule has 20 heavy (non-hydrogen) atoms. The highest BCUT2D eigenvalue weighted by molar-refractivity contribution is 14.1. The third-order valence-electron chi connectivity index (χ3n) is 2.92. The number of benzene rings is 2. The van der Waals surface area contributed by atoms with E-state index in [1.165, 1.54) is 12.1 Å². The zero-order valence-electron chi connectivity index (χ0n) is 10.9. The van der Waals surface area contributed by atoms with E-state index in [0.717, 1.165) is 14.8 Å². The van der Waals surface area contributed by atoms with Crippen LogP contribution in [0.2, 0.25) is 0 Å². The fraction of sp³-hybridized carbons (Fsp3) is 0.143. The van der Waals surface area contributed by atoms with Crippen LogP contribution in [0.25, 0.3) is 0 Å². The number of hydrogen-bond acceptors (Lipinski definition) is 3. The van der Waals surface area contributed by atoms with Gasteiger partial charge in [-0.25, -0.2) is 13.6 Å². The van der Waals surface area contributed by atoms with Gasteiger partial charge in [-0.15, -0.1) is 0 Å². The number of rotatable bonds is 4. The second-order valence-corrected chi connectivity index (χ2v) is 7.30. The SMILES string of the molecule is CC(Nc1cccc(I)c1)c1ccc(S(N)(=O)=O)cc1. The van der Waals surface area contributed by atoms with Crippen molar-refractivity contribution in [3.05, 3.63) is 57.7 Å². The van der Waals surface area contributed by atoms with Crippen LogP contribution in [-0.4, -0.2) is 8.42 Å². The lowest BCUT2D eigenvalue weighted by molar-refractivity contribution is 0.597. The molecule has 0 radical (unpaired) electrons. The van der Waals surface area contributed by atoms with E-state index in [4.69, 9.17) is 5.14 Å². The lowest BCUT2D eigenvalue weighted by Crippen LogP contribution is -2.12. The van der Waals surface area contributed by atoms with E-state index < -0.39 is 10.0 Å². The normalized spacial score (nSPS) is 12.9. The van der Waals surface area contributed by atoms with Crippen molar-refractivity contribution >= 4 is 38.3 Å². The predicted octanol–water partition coefficient (Wildman–Crippen LogP) is 3.11. The molecule has 6 heteroatoms. The smallest absolute Gasteiger partial charge is 0.238 e. The zero-order valence-corrected chi connectivity index (χ0v) is 13.9. The Hall–Kier alpha value is -1.12. The van der Waals surface area contributed by atoms with Crippen LogP contribution in [0.1, 0.15) is 18.5 Å². The van der Waals surface area contributed by atoms with Crippen molar-refractivity contribution in [3.8, 4) is 0 Å². The Balaban J connectivity index is 2.15. The maximum atomic E-state index is 11.2. The summed E-state index contributed by atoms with van der Waals surface area (Å²) in [6.07, 6.45) is 0. The van der Waals surface area contributed by atoms with Crippen LogP contribution in [0, 0.1) is 3.57 Å². The number of anilines is 1. The maximum Gasteiger partial charge on any atom is 0.238 e. The fourth-order valence-electron chi connectivity index (χ4n) is 1.86. The molecular weight excluding hydrogens is 387 g/mol. The molecule has 0 heterocycles. The molecule has 4 nitrogen and oxygen atoms in total. The summed E-state index contributed by atoms with van der Waals surface area (Å²) in [6, 6.07) is 14.7. The summed E-state index contributed by atoms with van der Waals surface area (Å²) in [5.41, 5.74) is 2.02. The molecule has 0 saturated heterocycles. The Morgan fingerprint density at radius 1 is 1.15 bits per heavy atom. The molecule has 0 amide bonds. The van der Waals surface area contributed by atoms with Gasteiger partial charge in [-0.05, 0) is 65.4 Å². The van der Waals surface area contributed by atoms with Crippen molar-refractivity contribution in [2.75, 3.05) is 5.32 Å². The molecule has 0 spiro atoms. The van der Waals surface area contributed by atoms with E-state index in [1.807, 2.05) is 25.1 Å². The molecule has 3 N–H and O–H groups in total. The number of nitrogens with one attached hydrogen (secondary N) is 1. The van der Waals surface area contributed by atoms with Gasteiger partial charge in [-0.1, -0.05) is 18.2 Å². The first kappa shape index (κ1) is 15.3. The minimum absolute atomic E-state index is 0.0720. The quantitative estimate of drug-likeness (QED) is 0.773. The van der Waals surface area contributed by atoms with E-state index in [2.05, 4.69) is 34.0 Å². The second kappa shape index (κ2) is 6.11. The first-order chi connectivity index (χ1) is 9.36. The first-order valence-corrected chi connectivity index (χ1v) is 8.63. The van der Waals surface area contributed by atoms with Gasteiger partial charge in [0.25, 0.3) is 0 Å². The van der Waals surface area contributed by atoms with Gasteiger partial charge >= 0.3 is 0 Å². The van der Waals surface area contributed by atoms with E-state index >= 15 is 0 Å². The van der Waals surface area contributed by atoms with Gasteiger partial charge in [0, 0.05) is 15.3 Å². The predicted molar refractivity (Wildman–Crippen MR) is 89.0 cm³/mol. The molecule has 2 rings (SSSR count). The number of primary sulfonamides is 1. The molecule has 2 aromatic carbocycles. The molecule has 0 aromatic heterocycles. The largest absolute Gasteiger partial charge is 0.378 e. The lowest BCUT2D eigenvalue weighted by atomic mass is 10.1. The highest BCUT2D eigenvalue weighted by Gasteiger charge is 2.10. The van der Waals surface area contributed by atoms with Crippen molar-refractivity contribution in [2.45, 2.75) is 17.9 Å². The third kappa shape index (κ3) is 3.94. The summed E-state index contributed by atoms with van der Waals surface area (Å²) in [4.78, 5) is 0.128. The van der Waals surface area contributed by atoms with E-state index in [0.29, 0.717) is 0 Å². The van der Waals surface area contributed by atoms with Crippen LogP contribution >= 0.6 is 22.6 Å². The van der Waals surface area contributed by atoms with Crippen molar-refractivity contribution in [2.24, 2.45) is 5.14 Å². The van der Waals surface area contributed by atoms with Crippen LogP contribution in [0.3, 0.4) is 0 Å². The molecule has 0 aliphatic carbocycles. The minimum Gasteiger partial charge on any atom is -0.378 e. The minimum atomic E-state index is -3.63. The highest BCUT2D eigenvalue weighted by Crippen LogP contribution is 2.21. The van der Waals surface area contributed by atoms with E-state index in [1.54, 1.807) is 12.1 Å². The van der Waals surface area contributed by atoms with Crippen LogP contribution in [0.4, 0.5) is 5.69 Å². The van der Waals surface area contributed by atoms with Crippen molar-refractivity contribution in [1.82, 2.24) is 0 Å². The van der Waals surface area contributed by atoms with E-state index in [-0.39, 0.29) is 10.9 Å². The Morgan fingerprint density at radius 2 is 1.80 bits per heavy atom. The molecule has 0 aliphatic rings. The van der Waals surface area contributed by atoms with Crippen molar-refractivity contribution in [3.63, 3.8) is 0 Å². The van der Waals surface area contributed by atoms with Crippen LogP contribution in [0.5, 0.6) is 0 Å². The topological polar surface area (TPSA) is 72.2 Å². The Bertz CT molecular complexity index is 699. The first-order valence-electron chi connectivity index (χ1n) is 6.01. The summed E-state index contributed by atoms with van der Waals surface area (Å²) in [5, 5.41) is 8.45. The molecule has 2 aromatic rings. The molecule has 1 unspecified atom stereocenters. The van der Waals surface area contributed by atoms with Gasteiger partial charge in [0.15, 0.2) is 0 Å². The average molecular weight is 402 g/mol. The average Bonchev–Trinajstić information content (AvgIpc) is 2.38. The summed E-state index contributed by atoms with van der Waals surface area (Å²) in [7, 11) is -3.63. The summed E-state index contributed by atoms with van der Waals surface area (Å²) < 4.78 is 23.6. The van der Waals surface area contributed by atoms with Crippen molar-refractivity contribution < 1.29 is 8.42 Å². The summed E-state index contributed by atoms with van der Waals surface area (Å²) in [6.45, 7) is 2.02. The standard InChI is InChI=1S/C14H15IN2O2S/c1-10(17-13-4-2-3-12(15)9-13)11-5-7-14(8-6-11)20(16,18)19/h2-10,17H,1H3,(H2,16,18,19). The third-order valence-corrected chi connectivity index (χ3v) is 4.52. The second-order valence-electron chi connectivity index (χ2n) is 4.49. The molecule has 106 valence electrons. The molecular formula is C14H15IN2O2S. The highest BCUT2D eigenvalue weighted by atomic mass is 127.